The van der Waals surface area contributed by atoms with Gasteiger partial charge in [0.1, 0.15) is 5.82 Å². The predicted octanol–water partition coefficient (Wildman–Crippen LogP) is 1.88. The van der Waals surface area contributed by atoms with E-state index in [1.165, 1.54) is 18.4 Å². The summed E-state index contributed by atoms with van der Waals surface area (Å²) in [6, 6.07) is 6.36. The second-order valence-electron chi connectivity index (χ2n) is 4.92. The molecule has 1 fully saturated rings. The molecule has 1 aromatic rings. The Kier molecular flexibility index (Phi) is 4.02. The minimum Gasteiger partial charge on any atom is -0.309 e. The van der Waals surface area contributed by atoms with E-state index in [-0.39, 0.29) is 17.1 Å². The lowest BCUT2D eigenvalue weighted by Crippen LogP contribution is -2.39. The molecule has 0 spiro atoms. The Morgan fingerprint density at radius 3 is 2.83 bits per heavy atom. The molecule has 18 heavy (non-hydrogen) atoms. The highest BCUT2D eigenvalue weighted by Crippen LogP contribution is 2.25. The van der Waals surface area contributed by atoms with E-state index in [1.54, 1.807) is 6.07 Å². The normalized spacial score (nSPS) is 24.3. The Balaban J connectivity index is 1.98. The molecule has 0 saturated heterocycles. The first-order valence-corrected chi connectivity index (χ1v) is 8.09. The zero-order chi connectivity index (χ0) is 13.2. The summed E-state index contributed by atoms with van der Waals surface area (Å²) in [5.74, 6) is -0.264. The summed E-state index contributed by atoms with van der Waals surface area (Å²) in [5, 5.41) is 2.94. The summed E-state index contributed by atoms with van der Waals surface area (Å²) < 4.78 is 36.2. The number of halogens is 1. The minimum atomic E-state index is -3.00. The van der Waals surface area contributed by atoms with Crippen LogP contribution in [0.2, 0.25) is 0 Å². The molecule has 5 heteroatoms. The van der Waals surface area contributed by atoms with E-state index in [1.807, 2.05) is 6.07 Å². The molecule has 0 aromatic heterocycles. The molecule has 3 nitrogen and oxygen atoms in total. The average Bonchev–Trinajstić information content (AvgIpc) is 2.74. The lowest BCUT2D eigenvalue weighted by Gasteiger charge is -2.19. The zero-order valence-electron chi connectivity index (χ0n) is 10.4. The summed E-state index contributed by atoms with van der Waals surface area (Å²) in [4.78, 5) is 0. The van der Waals surface area contributed by atoms with Crippen LogP contribution in [0.5, 0.6) is 0 Å². The van der Waals surface area contributed by atoms with Crippen LogP contribution in [0, 0.1) is 5.82 Å². The van der Waals surface area contributed by atoms with Gasteiger partial charge in [0.05, 0.1) is 5.25 Å². The molecule has 2 rings (SSSR count). The fourth-order valence-electron chi connectivity index (χ4n) is 2.57. The third-order valence-electron chi connectivity index (χ3n) is 3.46. The summed E-state index contributed by atoms with van der Waals surface area (Å²) in [6.07, 6.45) is 3.81. The van der Waals surface area contributed by atoms with Crippen LogP contribution in [0.15, 0.2) is 24.3 Å². The highest BCUT2D eigenvalue weighted by molar-refractivity contribution is 7.91. The molecule has 1 saturated carbocycles. The number of hydrogen-bond acceptors (Lipinski definition) is 3. The zero-order valence-corrected chi connectivity index (χ0v) is 11.2. The van der Waals surface area contributed by atoms with Gasteiger partial charge in [-0.25, -0.2) is 12.8 Å². The Hall–Kier alpha value is -0.940. The van der Waals surface area contributed by atoms with Gasteiger partial charge < -0.3 is 5.32 Å². The molecule has 100 valence electrons. The highest BCUT2D eigenvalue weighted by Gasteiger charge is 2.34. The number of sulfone groups is 1. The van der Waals surface area contributed by atoms with Gasteiger partial charge >= 0.3 is 0 Å². The van der Waals surface area contributed by atoms with Crippen LogP contribution in [-0.2, 0) is 16.4 Å². The van der Waals surface area contributed by atoms with Crippen molar-refractivity contribution < 1.29 is 12.8 Å². The summed E-state index contributed by atoms with van der Waals surface area (Å²) >= 11 is 0. The van der Waals surface area contributed by atoms with E-state index in [2.05, 4.69) is 5.32 Å². The number of benzene rings is 1. The van der Waals surface area contributed by atoms with Gasteiger partial charge in [0.15, 0.2) is 9.84 Å². The third kappa shape index (κ3) is 3.29. The van der Waals surface area contributed by atoms with E-state index in [0.717, 1.165) is 24.8 Å². The highest BCUT2D eigenvalue weighted by atomic mass is 32.2. The summed E-state index contributed by atoms with van der Waals surface area (Å²) in [5.41, 5.74) is 0.842. The van der Waals surface area contributed by atoms with Crippen LogP contribution in [0.4, 0.5) is 4.39 Å². The van der Waals surface area contributed by atoms with Crippen molar-refractivity contribution in [3.05, 3.63) is 35.6 Å². The fraction of sp³-hybridized carbons (Fsp3) is 0.538. The van der Waals surface area contributed by atoms with Crippen molar-refractivity contribution in [2.75, 3.05) is 6.26 Å². The van der Waals surface area contributed by atoms with Crippen LogP contribution < -0.4 is 5.32 Å². The van der Waals surface area contributed by atoms with Gasteiger partial charge in [0.2, 0.25) is 0 Å². The molecular weight excluding hydrogens is 253 g/mol. The van der Waals surface area contributed by atoms with Crippen molar-refractivity contribution in [1.29, 1.82) is 0 Å². The van der Waals surface area contributed by atoms with Gasteiger partial charge in [-0.15, -0.1) is 0 Å². The van der Waals surface area contributed by atoms with E-state index < -0.39 is 9.84 Å². The molecule has 1 aliphatic carbocycles. The maximum atomic E-state index is 13.0. The first kappa shape index (κ1) is 13.5. The third-order valence-corrected chi connectivity index (χ3v) is 5.12. The molecule has 0 aliphatic heterocycles. The van der Waals surface area contributed by atoms with Crippen LogP contribution in [0.25, 0.3) is 0 Å². The Morgan fingerprint density at radius 2 is 2.17 bits per heavy atom. The second kappa shape index (κ2) is 5.36. The molecular formula is C13H18FNO2S. The van der Waals surface area contributed by atoms with Gasteiger partial charge in [-0.3, -0.25) is 0 Å². The molecule has 0 radical (unpaired) electrons. The van der Waals surface area contributed by atoms with E-state index in [4.69, 9.17) is 0 Å². The Labute approximate surface area is 107 Å². The van der Waals surface area contributed by atoms with Crippen molar-refractivity contribution in [2.45, 2.75) is 37.1 Å². The fourth-order valence-corrected chi connectivity index (χ4v) is 3.99. The number of rotatable bonds is 4. The van der Waals surface area contributed by atoms with E-state index in [9.17, 15) is 12.8 Å². The SMILES string of the molecule is CS(=O)(=O)C1CCCC1NCc1cccc(F)c1. The molecule has 2 unspecified atom stereocenters. The minimum absolute atomic E-state index is 0.0109. The largest absolute Gasteiger partial charge is 0.309 e. The first-order valence-electron chi connectivity index (χ1n) is 6.13. The van der Waals surface area contributed by atoms with Crippen LogP contribution >= 0.6 is 0 Å². The molecule has 0 amide bonds. The summed E-state index contributed by atoms with van der Waals surface area (Å²) in [6.45, 7) is 0.508. The standard InChI is InChI=1S/C13H18FNO2S/c1-18(16,17)13-7-3-6-12(13)15-9-10-4-2-5-11(14)8-10/h2,4-5,8,12-13,15H,3,6-7,9H2,1H3. The van der Waals surface area contributed by atoms with Crippen molar-refractivity contribution in [1.82, 2.24) is 5.32 Å². The first-order chi connectivity index (χ1) is 8.47. The maximum Gasteiger partial charge on any atom is 0.151 e. The molecule has 0 bridgehead atoms. The molecule has 1 aromatic carbocycles. The Morgan fingerprint density at radius 1 is 1.39 bits per heavy atom. The molecule has 2 atom stereocenters. The molecule has 1 aliphatic rings. The Bertz CT molecular complexity index is 515. The van der Waals surface area contributed by atoms with Gasteiger partial charge in [0.25, 0.3) is 0 Å². The van der Waals surface area contributed by atoms with Crippen LogP contribution in [-0.4, -0.2) is 26.0 Å². The monoisotopic (exact) mass is 271 g/mol. The second-order valence-corrected chi connectivity index (χ2v) is 7.18. The van der Waals surface area contributed by atoms with Crippen molar-refractivity contribution in [2.24, 2.45) is 0 Å². The van der Waals surface area contributed by atoms with Crippen LogP contribution in [0.1, 0.15) is 24.8 Å². The van der Waals surface area contributed by atoms with E-state index >= 15 is 0 Å². The maximum absolute atomic E-state index is 13.0. The van der Waals surface area contributed by atoms with Crippen LogP contribution in [0.3, 0.4) is 0 Å². The predicted molar refractivity (Wildman–Crippen MR) is 69.5 cm³/mol. The van der Waals surface area contributed by atoms with Gasteiger partial charge in [0, 0.05) is 18.8 Å². The van der Waals surface area contributed by atoms with Crippen molar-refractivity contribution in [3.8, 4) is 0 Å². The van der Waals surface area contributed by atoms with Crippen molar-refractivity contribution in [3.63, 3.8) is 0 Å². The smallest absolute Gasteiger partial charge is 0.151 e. The van der Waals surface area contributed by atoms with Gasteiger partial charge in [-0.05, 0) is 30.5 Å². The lowest BCUT2D eigenvalue weighted by molar-refractivity contribution is 0.506. The number of nitrogens with one attached hydrogen (secondary N) is 1. The van der Waals surface area contributed by atoms with Gasteiger partial charge in [-0.1, -0.05) is 18.6 Å². The topological polar surface area (TPSA) is 46.2 Å². The number of hydrogen-bond donors (Lipinski definition) is 1. The summed E-state index contributed by atoms with van der Waals surface area (Å²) in [7, 11) is -3.00. The average molecular weight is 271 g/mol. The quantitative estimate of drug-likeness (QED) is 0.909. The van der Waals surface area contributed by atoms with Crippen molar-refractivity contribution >= 4 is 9.84 Å². The lowest BCUT2D eigenvalue weighted by atomic mass is 10.2. The molecule has 1 N–H and O–H groups in total. The molecule has 0 heterocycles. The van der Waals surface area contributed by atoms with E-state index in [0.29, 0.717) is 6.54 Å². The van der Waals surface area contributed by atoms with Gasteiger partial charge in [-0.2, -0.15) is 0 Å².